The lowest BCUT2D eigenvalue weighted by Crippen LogP contribution is -2.44. The normalized spacial score (nSPS) is 18.0. The van der Waals surface area contributed by atoms with Gasteiger partial charge in [-0.05, 0) is 68.1 Å². The van der Waals surface area contributed by atoms with Gasteiger partial charge >= 0.3 is 5.97 Å². The Labute approximate surface area is 164 Å². The number of hydrogen-bond donors (Lipinski definition) is 1. The van der Waals surface area contributed by atoms with Crippen molar-refractivity contribution in [2.45, 2.75) is 37.5 Å². The molecule has 4 nitrogen and oxygen atoms in total. The van der Waals surface area contributed by atoms with E-state index in [9.17, 15) is 9.18 Å². The van der Waals surface area contributed by atoms with Crippen LogP contribution in [0.2, 0.25) is 0 Å². The van der Waals surface area contributed by atoms with Gasteiger partial charge in [0.15, 0.2) is 0 Å². The van der Waals surface area contributed by atoms with E-state index in [1.807, 2.05) is 12.1 Å². The number of piperidine rings is 1. The summed E-state index contributed by atoms with van der Waals surface area (Å²) < 4.78 is 19.1. The van der Waals surface area contributed by atoms with Crippen LogP contribution < -0.4 is 4.74 Å². The molecule has 4 rings (SSSR count). The van der Waals surface area contributed by atoms with Gasteiger partial charge in [0.2, 0.25) is 0 Å². The molecule has 2 aromatic rings. The third kappa shape index (κ3) is 4.04. The second-order valence-electron chi connectivity index (χ2n) is 8.01. The maximum atomic E-state index is 13.0. The molecule has 2 heterocycles. The van der Waals surface area contributed by atoms with Crippen molar-refractivity contribution >= 4 is 5.97 Å². The molecule has 1 N–H and O–H groups in total. The Morgan fingerprint density at radius 2 is 1.75 bits per heavy atom. The second kappa shape index (κ2) is 7.92. The van der Waals surface area contributed by atoms with Crippen LogP contribution in [-0.2, 0) is 23.1 Å². The highest BCUT2D eigenvalue weighted by Gasteiger charge is 2.42. The van der Waals surface area contributed by atoms with Crippen molar-refractivity contribution in [2.75, 3.05) is 26.2 Å². The number of aryl methyl sites for hydroxylation is 2. The molecule has 0 aliphatic carbocycles. The number of carboxylic acids is 1. The van der Waals surface area contributed by atoms with Gasteiger partial charge in [-0.2, -0.15) is 0 Å². The fraction of sp³-hybridized carbons (Fsp3) is 0.435. The molecule has 2 aliphatic rings. The number of fused-ring (bicyclic) bond motifs is 2. The Morgan fingerprint density at radius 1 is 1.07 bits per heavy atom. The minimum atomic E-state index is -0.733. The van der Waals surface area contributed by atoms with Crippen molar-refractivity contribution < 1.29 is 19.0 Å². The van der Waals surface area contributed by atoms with Crippen molar-refractivity contribution in [1.82, 2.24) is 4.90 Å². The van der Waals surface area contributed by atoms with Crippen LogP contribution in [0.4, 0.5) is 4.39 Å². The van der Waals surface area contributed by atoms with Crippen LogP contribution in [0, 0.1) is 5.82 Å². The third-order valence-electron chi connectivity index (χ3n) is 6.19. The molecule has 0 saturated carbocycles. The number of nitrogens with zero attached hydrogens (tertiary/aromatic N) is 1. The van der Waals surface area contributed by atoms with Gasteiger partial charge in [-0.25, -0.2) is 4.39 Å². The lowest BCUT2D eigenvalue weighted by Gasteiger charge is -2.38. The molecule has 0 amide bonds. The monoisotopic (exact) mass is 383 g/mol. The molecule has 148 valence electrons. The molecule has 0 radical (unpaired) electrons. The zero-order chi connectivity index (χ0) is 19.6. The summed E-state index contributed by atoms with van der Waals surface area (Å²) in [5, 5.41) is 8.87. The molecule has 1 spiro atoms. The molecule has 2 aliphatic heterocycles. The SMILES string of the molecule is O=C(O)CCN1CCC2(CC1)COc1cc(CCc3ccc(F)cc3)ccc12. The molecular weight excluding hydrogens is 357 g/mol. The fourth-order valence-corrected chi connectivity index (χ4v) is 4.39. The maximum Gasteiger partial charge on any atom is 0.304 e. The van der Waals surface area contributed by atoms with Crippen molar-refractivity contribution in [1.29, 1.82) is 0 Å². The predicted molar refractivity (Wildman–Crippen MR) is 105 cm³/mol. The Kier molecular flexibility index (Phi) is 5.36. The Balaban J connectivity index is 1.38. The maximum absolute atomic E-state index is 13.0. The van der Waals surface area contributed by atoms with Crippen molar-refractivity contribution in [3.05, 3.63) is 65.0 Å². The van der Waals surface area contributed by atoms with Crippen LogP contribution >= 0.6 is 0 Å². The quantitative estimate of drug-likeness (QED) is 0.824. The van der Waals surface area contributed by atoms with Gasteiger partial charge in [-0.15, -0.1) is 0 Å². The smallest absolute Gasteiger partial charge is 0.304 e. The number of hydrogen-bond acceptors (Lipinski definition) is 3. The summed E-state index contributed by atoms with van der Waals surface area (Å²) in [5.74, 6) is 0.0626. The van der Waals surface area contributed by atoms with Gasteiger partial charge in [0.25, 0.3) is 0 Å². The van der Waals surface area contributed by atoms with Crippen LogP contribution in [-0.4, -0.2) is 42.2 Å². The van der Waals surface area contributed by atoms with Gasteiger partial charge in [0, 0.05) is 17.5 Å². The van der Waals surface area contributed by atoms with E-state index >= 15 is 0 Å². The lowest BCUT2D eigenvalue weighted by atomic mass is 9.74. The Morgan fingerprint density at radius 3 is 2.46 bits per heavy atom. The minimum absolute atomic E-state index is 0.0740. The van der Waals surface area contributed by atoms with E-state index in [1.54, 1.807) is 0 Å². The summed E-state index contributed by atoms with van der Waals surface area (Å²) in [5.41, 5.74) is 3.74. The van der Waals surface area contributed by atoms with Crippen molar-refractivity contribution in [3.8, 4) is 5.75 Å². The summed E-state index contributed by atoms with van der Waals surface area (Å²) in [7, 11) is 0. The highest BCUT2D eigenvalue weighted by molar-refractivity contribution is 5.66. The van der Waals surface area contributed by atoms with E-state index in [0.29, 0.717) is 6.54 Å². The standard InChI is InChI=1S/C23H26FNO3/c24-19-6-3-17(4-7-19)1-2-18-5-8-20-21(15-18)28-16-23(20)10-13-25(14-11-23)12-9-22(26)27/h3-8,15H,1-2,9-14,16H2,(H,26,27). The molecule has 1 fully saturated rings. The minimum Gasteiger partial charge on any atom is -0.492 e. The number of likely N-dealkylation sites (tertiary alicyclic amines) is 1. The number of carbonyl (C=O) groups is 1. The number of ether oxygens (including phenoxy) is 1. The van der Waals surface area contributed by atoms with Crippen LogP contribution in [0.25, 0.3) is 0 Å². The fourth-order valence-electron chi connectivity index (χ4n) is 4.39. The zero-order valence-electron chi connectivity index (χ0n) is 16.0. The average Bonchev–Trinajstić information content (AvgIpc) is 3.05. The topological polar surface area (TPSA) is 49.8 Å². The Hall–Kier alpha value is -2.40. The molecule has 0 bridgehead atoms. The lowest BCUT2D eigenvalue weighted by molar-refractivity contribution is -0.137. The molecule has 0 unspecified atom stereocenters. The van der Waals surface area contributed by atoms with Crippen molar-refractivity contribution in [2.24, 2.45) is 0 Å². The molecular formula is C23H26FNO3. The van der Waals surface area contributed by atoms with Gasteiger partial charge < -0.3 is 14.7 Å². The Bertz CT molecular complexity index is 841. The predicted octanol–water partition coefficient (Wildman–Crippen LogP) is 3.81. The first kappa shape index (κ1) is 18.9. The van der Waals surface area contributed by atoms with Crippen molar-refractivity contribution in [3.63, 3.8) is 0 Å². The van der Waals surface area contributed by atoms with E-state index in [1.165, 1.54) is 23.3 Å². The first-order chi connectivity index (χ1) is 13.5. The number of rotatable bonds is 6. The summed E-state index contributed by atoms with van der Waals surface area (Å²) in [6.07, 6.45) is 4.00. The number of benzene rings is 2. The van der Waals surface area contributed by atoms with Gasteiger partial charge in [-0.3, -0.25) is 4.79 Å². The van der Waals surface area contributed by atoms with Crippen LogP contribution in [0.15, 0.2) is 42.5 Å². The van der Waals surface area contributed by atoms with Crippen LogP contribution in [0.1, 0.15) is 36.0 Å². The first-order valence-corrected chi connectivity index (χ1v) is 9.99. The number of aliphatic carboxylic acids is 1. The average molecular weight is 383 g/mol. The zero-order valence-corrected chi connectivity index (χ0v) is 16.0. The third-order valence-corrected chi connectivity index (χ3v) is 6.19. The van der Waals surface area contributed by atoms with E-state index < -0.39 is 5.97 Å². The summed E-state index contributed by atoms with van der Waals surface area (Å²) in [6, 6.07) is 13.3. The summed E-state index contributed by atoms with van der Waals surface area (Å²) in [4.78, 5) is 13.0. The summed E-state index contributed by atoms with van der Waals surface area (Å²) >= 11 is 0. The molecule has 1 saturated heterocycles. The second-order valence-corrected chi connectivity index (χ2v) is 8.01. The number of carboxylic acid groups (broad SMARTS) is 1. The van der Waals surface area contributed by atoms with Gasteiger partial charge in [-0.1, -0.05) is 24.3 Å². The first-order valence-electron chi connectivity index (χ1n) is 9.99. The van der Waals surface area contributed by atoms with E-state index in [-0.39, 0.29) is 17.7 Å². The number of halogens is 1. The summed E-state index contributed by atoms with van der Waals surface area (Å²) in [6.45, 7) is 3.18. The van der Waals surface area contributed by atoms with Crippen LogP contribution in [0.3, 0.4) is 0 Å². The van der Waals surface area contributed by atoms with Crippen LogP contribution in [0.5, 0.6) is 5.75 Å². The molecule has 2 aromatic carbocycles. The van der Waals surface area contributed by atoms with E-state index in [2.05, 4.69) is 23.1 Å². The van der Waals surface area contributed by atoms with Gasteiger partial charge in [0.1, 0.15) is 11.6 Å². The molecule has 28 heavy (non-hydrogen) atoms. The molecule has 0 aromatic heterocycles. The largest absolute Gasteiger partial charge is 0.492 e. The molecule has 5 heteroatoms. The van der Waals surface area contributed by atoms with E-state index in [4.69, 9.17) is 9.84 Å². The highest BCUT2D eigenvalue weighted by atomic mass is 19.1. The highest BCUT2D eigenvalue weighted by Crippen LogP contribution is 2.45. The van der Waals surface area contributed by atoms with Gasteiger partial charge in [0.05, 0.1) is 13.0 Å². The molecule has 0 atom stereocenters. The van der Waals surface area contributed by atoms with E-state index in [0.717, 1.165) is 56.7 Å².